The van der Waals surface area contributed by atoms with Crippen molar-refractivity contribution in [2.75, 3.05) is 6.67 Å². The van der Waals surface area contributed by atoms with E-state index in [2.05, 4.69) is 18.2 Å². The third-order valence-electron chi connectivity index (χ3n) is 6.89. The summed E-state index contributed by atoms with van der Waals surface area (Å²) in [5.41, 5.74) is 2.77. The molecule has 1 aromatic carbocycles. The Hall–Kier alpha value is -1.15. The van der Waals surface area contributed by atoms with Gasteiger partial charge in [0.15, 0.2) is 0 Å². The summed E-state index contributed by atoms with van der Waals surface area (Å²) >= 11 is 5.81. The van der Waals surface area contributed by atoms with Crippen LogP contribution in [0, 0.1) is 17.7 Å². The molecule has 0 spiro atoms. The highest BCUT2D eigenvalue weighted by molar-refractivity contribution is 6.30. The number of benzene rings is 1. The van der Waals surface area contributed by atoms with E-state index >= 15 is 0 Å². The summed E-state index contributed by atoms with van der Waals surface area (Å²) in [5.74, 6) is 1.80. The Morgan fingerprint density at radius 2 is 1.86 bits per heavy atom. The lowest BCUT2D eigenvalue weighted by molar-refractivity contribution is 0.307. The third kappa shape index (κ3) is 7.24. The van der Waals surface area contributed by atoms with E-state index in [1.54, 1.807) is 17.7 Å². The number of halogens is 3. The molecule has 160 valence electrons. The van der Waals surface area contributed by atoms with Crippen LogP contribution in [0.3, 0.4) is 0 Å². The van der Waals surface area contributed by atoms with Crippen molar-refractivity contribution in [2.24, 2.45) is 11.8 Å². The second-order valence-electron chi connectivity index (χ2n) is 8.97. The zero-order chi connectivity index (χ0) is 20.5. The van der Waals surface area contributed by atoms with Gasteiger partial charge in [-0.15, -0.1) is 0 Å². The maximum absolute atomic E-state index is 13.7. The normalized spacial score (nSPS) is 25.3. The van der Waals surface area contributed by atoms with Crippen LogP contribution in [0.15, 0.2) is 42.0 Å². The molecule has 1 aromatic rings. The minimum Gasteiger partial charge on any atom is -0.251 e. The number of hydrogen-bond donors (Lipinski definition) is 0. The molecule has 0 nitrogen and oxygen atoms in total. The topological polar surface area (TPSA) is 0 Å². The lowest BCUT2D eigenvalue weighted by Crippen LogP contribution is -2.14. The molecule has 1 atom stereocenters. The van der Waals surface area contributed by atoms with Crippen molar-refractivity contribution in [1.82, 2.24) is 0 Å². The summed E-state index contributed by atoms with van der Waals surface area (Å²) in [6, 6.07) is 5.32. The summed E-state index contributed by atoms with van der Waals surface area (Å²) in [6.45, 7) is -0.207. The highest BCUT2D eigenvalue weighted by Crippen LogP contribution is 2.39. The van der Waals surface area contributed by atoms with Crippen molar-refractivity contribution in [1.29, 1.82) is 0 Å². The first-order chi connectivity index (χ1) is 14.2. The van der Waals surface area contributed by atoms with Gasteiger partial charge in [-0.05, 0) is 112 Å². The van der Waals surface area contributed by atoms with E-state index in [0.717, 1.165) is 30.2 Å². The number of rotatable bonds is 9. The first-order valence-corrected chi connectivity index (χ1v) is 11.9. The fraction of sp³-hybridized carbons (Fsp3) is 0.615. The van der Waals surface area contributed by atoms with Gasteiger partial charge in [-0.25, -0.2) is 4.39 Å². The van der Waals surface area contributed by atoms with Gasteiger partial charge in [-0.3, -0.25) is 4.39 Å². The van der Waals surface area contributed by atoms with Crippen molar-refractivity contribution in [3.8, 4) is 0 Å². The van der Waals surface area contributed by atoms with Crippen molar-refractivity contribution in [3.63, 3.8) is 0 Å². The molecule has 3 rings (SSSR count). The molecule has 0 amide bonds. The van der Waals surface area contributed by atoms with E-state index < -0.39 is 0 Å². The van der Waals surface area contributed by atoms with Crippen LogP contribution < -0.4 is 0 Å². The summed E-state index contributed by atoms with van der Waals surface area (Å²) in [5, 5.41) is 0.221. The van der Waals surface area contributed by atoms with Crippen molar-refractivity contribution >= 4 is 11.6 Å². The number of hydrogen-bond acceptors (Lipinski definition) is 0. The van der Waals surface area contributed by atoms with Crippen LogP contribution in [0.25, 0.3) is 0 Å². The van der Waals surface area contributed by atoms with E-state index in [1.165, 1.54) is 57.8 Å². The summed E-state index contributed by atoms with van der Waals surface area (Å²) in [6.07, 6.45) is 20.7. The van der Waals surface area contributed by atoms with Gasteiger partial charge in [0, 0.05) is 0 Å². The fourth-order valence-electron chi connectivity index (χ4n) is 4.93. The molecule has 0 N–H and O–H groups in total. The molecule has 0 saturated heterocycles. The van der Waals surface area contributed by atoms with Crippen LogP contribution in [-0.4, -0.2) is 6.67 Å². The van der Waals surface area contributed by atoms with E-state index in [4.69, 9.17) is 11.6 Å². The molecule has 29 heavy (non-hydrogen) atoms. The van der Waals surface area contributed by atoms with Gasteiger partial charge in [0.05, 0.1) is 11.7 Å². The smallest absolute Gasteiger partial charge is 0.142 e. The number of unbranched alkanes of at least 4 members (excludes halogenated alkanes) is 1. The van der Waals surface area contributed by atoms with Crippen LogP contribution in [-0.2, 0) is 0 Å². The second kappa shape index (κ2) is 11.9. The largest absolute Gasteiger partial charge is 0.251 e. The minimum atomic E-state index is -0.288. The van der Waals surface area contributed by atoms with E-state index in [1.807, 2.05) is 6.07 Å². The first-order valence-electron chi connectivity index (χ1n) is 11.5. The van der Waals surface area contributed by atoms with Gasteiger partial charge in [-0.1, -0.05) is 41.5 Å². The van der Waals surface area contributed by atoms with Gasteiger partial charge >= 0.3 is 0 Å². The molecular weight excluding hydrogens is 386 g/mol. The van der Waals surface area contributed by atoms with Crippen LogP contribution in [0.4, 0.5) is 8.78 Å². The highest BCUT2D eigenvalue weighted by atomic mass is 35.5. The molecule has 0 aliphatic heterocycles. The first kappa shape index (κ1) is 22.5. The molecule has 2 aliphatic rings. The van der Waals surface area contributed by atoms with Gasteiger partial charge < -0.3 is 0 Å². The van der Waals surface area contributed by atoms with Gasteiger partial charge in [0.1, 0.15) is 5.82 Å². The predicted molar refractivity (Wildman–Crippen MR) is 120 cm³/mol. The molecular formula is C26H35ClF2. The Morgan fingerprint density at radius 3 is 2.55 bits per heavy atom. The summed E-state index contributed by atoms with van der Waals surface area (Å²) in [7, 11) is 0. The highest BCUT2D eigenvalue weighted by Gasteiger charge is 2.23. The van der Waals surface area contributed by atoms with E-state index in [-0.39, 0.29) is 17.5 Å². The third-order valence-corrected chi connectivity index (χ3v) is 7.20. The monoisotopic (exact) mass is 420 g/mol. The molecule has 0 aromatic heterocycles. The maximum atomic E-state index is 13.7. The van der Waals surface area contributed by atoms with Crippen LogP contribution in [0.2, 0.25) is 5.02 Å². The Labute approximate surface area is 180 Å². The maximum Gasteiger partial charge on any atom is 0.142 e. The van der Waals surface area contributed by atoms with Crippen molar-refractivity contribution in [3.05, 3.63) is 58.4 Å². The molecule has 0 radical (unpaired) electrons. The lowest BCUT2D eigenvalue weighted by Gasteiger charge is -2.29. The molecule has 1 fully saturated rings. The summed E-state index contributed by atoms with van der Waals surface area (Å²) < 4.78 is 25.8. The fourth-order valence-corrected chi connectivity index (χ4v) is 5.04. The molecule has 0 heterocycles. The zero-order valence-electron chi connectivity index (χ0n) is 17.5. The standard InChI is InChI=1S/C26H35ClF2/c27-25-17-16-24(19-26(25)29)23-14-12-22(13-15-23)11-10-21-8-6-20(7-9-21)5-3-1-2-4-18-28/h1,3,8,16-17,19-20,22-23H,2,4-7,9-15,18H2/b3-1+. The van der Waals surface area contributed by atoms with E-state index in [0.29, 0.717) is 12.3 Å². The quantitative estimate of drug-likeness (QED) is 0.276. The Morgan fingerprint density at radius 1 is 1.03 bits per heavy atom. The molecule has 0 bridgehead atoms. The molecule has 2 aliphatic carbocycles. The van der Waals surface area contributed by atoms with Crippen molar-refractivity contribution < 1.29 is 8.78 Å². The van der Waals surface area contributed by atoms with Crippen molar-refractivity contribution in [2.45, 2.75) is 83.0 Å². The van der Waals surface area contributed by atoms with Gasteiger partial charge in [0.25, 0.3) is 0 Å². The average Bonchev–Trinajstić information content (AvgIpc) is 2.75. The molecule has 3 heteroatoms. The minimum absolute atomic E-state index is 0.207. The van der Waals surface area contributed by atoms with Crippen LogP contribution in [0.1, 0.15) is 88.5 Å². The summed E-state index contributed by atoms with van der Waals surface area (Å²) in [4.78, 5) is 0. The van der Waals surface area contributed by atoms with Crippen LogP contribution in [0.5, 0.6) is 0 Å². The molecule has 1 saturated carbocycles. The van der Waals surface area contributed by atoms with Crippen LogP contribution >= 0.6 is 11.6 Å². The molecule has 1 unspecified atom stereocenters. The number of allylic oxidation sites excluding steroid dienone is 4. The Bertz CT molecular complexity index is 686. The SMILES string of the molecule is FCCC/C=C/CC1CC=C(CCC2CCC(c3ccc(Cl)c(F)c3)CC2)CC1. The lowest BCUT2D eigenvalue weighted by atomic mass is 9.76. The van der Waals surface area contributed by atoms with Gasteiger partial charge in [-0.2, -0.15) is 0 Å². The number of alkyl halides is 1. The Kier molecular flexibility index (Phi) is 9.24. The zero-order valence-corrected chi connectivity index (χ0v) is 18.3. The Balaban J connectivity index is 1.34. The average molecular weight is 421 g/mol. The predicted octanol–water partition coefficient (Wildman–Crippen LogP) is 8.96. The van der Waals surface area contributed by atoms with E-state index in [9.17, 15) is 8.78 Å². The second-order valence-corrected chi connectivity index (χ2v) is 9.38. The van der Waals surface area contributed by atoms with Gasteiger partial charge in [0.2, 0.25) is 0 Å².